The van der Waals surface area contributed by atoms with E-state index >= 15 is 0 Å². The third kappa shape index (κ3) is 5.51. The number of rotatable bonds is 6. The number of piperazine rings is 2. The standard InChI is InChI=1S/C17H36N4/c1-15(2)21-9-8-18-17(14-21)7-5-6-16(3)20-12-10-19(4)11-13-20/h15-18H,5-14H2,1-4H3/t16-,17?/m1/s1. The molecular weight excluding hydrogens is 260 g/mol. The zero-order chi connectivity index (χ0) is 15.2. The number of hydrogen-bond acceptors (Lipinski definition) is 4. The van der Waals surface area contributed by atoms with Gasteiger partial charge in [0.15, 0.2) is 0 Å². The maximum absolute atomic E-state index is 3.70. The van der Waals surface area contributed by atoms with Gasteiger partial charge in [0.25, 0.3) is 0 Å². The molecule has 0 aromatic carbocycles. The Kier molecular flexibility index (Phi) is 6.93. The lowest BCUT2D eigenvalue weighted by Gasteiger charge is -2.38. The van der Waals surface area contributed by atoms with E-state index in [1.54, 1.807) is 0 Å². The summed E-state index contributed by atoms with van der Waals surface area (Å²) >= 11 is 0. The molecule has 1 unspecified atom stereocenters. The Morgan fingerprint density at radius 1 is 1.00 bits per heavy atom. The monoisotopic (exact) mass is 296 g/mol. The molecule has 0 bridgehead atoms. The van der Waals surface area contributed by atoms with Crippen LogP contribution < -0.4 is 5.32 Å². The summed E-state index contributed by atoms with van der Waals surface area (Å²) in [5.74, 6) is 0. The lowest BCUT2D eigenvalue weighted by Crippen LogP contribution is -2.52. The highest BCUT2D eigenvalue weighted by molar-refractivity contribution is 4.81. The third-order valence-corrected chi connectivity index (χ3v) is 5.35. The lowest BCUT2D eigenvalue weighted by molar-refractivity contribution is 0.111. The highest BCUT2D eigenvalue weighted by Crippen LogP contribution is 2.14. The van der Waals surface area contributed by atoms with Gasteiger partial charge in [0.2, 0.25) is 0 Å². The minimum absolute atomic E-state index is 0.693. The molecule has 0 radical (unpaired) electrons. The van der Waals surface area contributed by atoms with Crippen LogP contribution in [0.5, 0.6) is 0 Å². The quantitative estimate of drug-likeness (QED) is 0.801. The summed E-state index contributed by atoms with van der Waals surface area (Å²) in [6.07, 6.45) is 4.04. The van der Waals surface area contributed by atoms with Crippen LogP contribution in [0.15, 0.2) is 0 Å². The van der Waals surface area contributed by atoms with Crippen molar-refractivity contribution >= 4 is 0 Å². The Morgan fingerprint density at radius 3 is 2.38 bits per heavy atom. The predicted molar refractivity (Wildman–Crippen MR) is 90.9 cm³/mol. The smallest absolute Gasteiger partial charge is 0.0195 e. The van der Waals surface area contributed by atoms with Crippen LogP contribution in [0.4, 0.5) is 0 Å². The van der Waals surface area contributed by atoms with Crippen LogP contribution in [-0.4, -0.2) is 85.7 Å². The SMILES string of the molecule is CC(C)N1CCNC(CCC[C@@H](C)N2CCN(C)CC2)C1. The molecule has 4 heteroatoms. The average molecular weight is 297 g/mol. The molecule has 21 heavy (non-hydrogen) atoms. The molecule has 2 heterocycles. The van der Waals surface area contributed by atoms with E-state index in [-0.39, 0.29) is 0 Å². The van der Waals surface area contributed by atoms with Crippen LogP contribution in [-0.2, 0) is 0 Å². The van der Waals surface area contributed by atoms with Crippen LogP contribution in [0.1, 0.15) is 40.0 Å². The minimum Gasteiger partial charge on any atom is -0.311 e. The molecule has 0 amide bonds. The van der Waals surface area contributed by atoms with Gasteiger partial charge in [-0.25, -0.2) is 0 Å². The molecule has 2 aliphatic heterocycles. The molecule has 0 aromatic heterocycles. The van der Waals surface area contributed by atoms with E-state index < -0.39 is 0 Å². The molecule has 0 spiro atoms. The number of likely N-dealkylation sites (N-methyl/N-ethyl adjacent to an activating group) is 1. The highest BCUT2D eigenvalue weighted by atomic mass is 15.3. The number of nitrogens with one attached hydrogen (secondary N) is 1. The van der Waals surface area contributed by atoms with Gasteiger partial charge in [0.05, 0.1) is 0 Å². The molecule has 0 aromatic rings. The Morgan fingerprint density at radius 2 is 1.71 bits per heavy atom. The van der Waals surface area contributed by atoms with Gasteiger partial charge in [0, 0.05) is 63.9 Å². The van der Waals surface area contributed by atoms with Crippen LogP contribution in [0, 0.1) is 0 Å². The first kappa shape index (κ1) is 17.2. The summed E-state index contributed by atoms with van der Waals surface area (Å²) in [7, 11) is 2.23. The van der Waals surface area contributed by atoms with Crippen molar-refractivity contribution in [3.8, 4) is 0 Å². The second-order valence-corrected chi connectivity index (χ2v) is 7.36. The van der Waals surface area contributed by atoms with Crippen molar-refractivity contribution in [2.75, 3.05) is 52.9 Å². The fourth-order valence-electron chi connectivity index (χ4n) is 3.62. The largest absolute Gasteiger partial charge is 0.311 e. The van der Waals surface area contributed by atoms with Gasteiger partial charge in [-0.2, -0.15) is 0 Å². The predicted octanol–water partition coefficient (Wildman–Crippen LogP) is 1.47. The molecule has 0 saturated carbocycles. The van der Waals surface area contributed by atoms with Gasteiger partial charge in [0.1, 0.15) is 0 Å². The summed E-state index contributed by atoms with van der Waals surface area (Å²) in [5, 5.41) is 3.70. The minimum atomic E-state index is 0.693. The first-order valence-electron chi connectivity index (χ1n) is 8.96. The van der Waals surface area contributed by atoms with Crippen molar-refractivity contribution in [1.29, 1.82) is 0 Å². The van der Waals surface area contributed by atoms with Crippen molar-refractivity contribution in [2.45, 2.75) is 58.2 Å². The van der Waals surface area contributed by atoms with Crippen molar-refractivity contribution in [3.05, 3.63) is 0 Å². The Labute approximate surface area is 131 Å². The second kappa shape index (κ2) is 8.47. The van der Waals surface area contributed by atoms with Gasteiger partial charge >= 0.3 is 0 Å². The van der Waals surface area contributed by atoms with Crippen molar-refractivity contribution in [3.63, 3.8) is 0 Å². The fourth-order valence-corrected chi connectivity index (χ4v) is 3.62. The Bertz CT molecular complexity index is 287. The number of nitrogens with zero attached hydrogens (tertiary/aromatic N) is 3. The summed E-state index contributed by atoms with van der Waals surface area (Å²) in [4.78, 5) is 7.73. The zero-order valence-corrected chi connectivity index (χ0v) is 14.6. The Hall–Kier alpha value is -0.160. The average Bonchev–Trinajstić information content (AvgIpc) is 2.48. The molecule has 2 rings (SSSR count). The van der Waals surface area contributed by atoms with E-state index in [0.29, 0.717) is 12.1 Å². The topological polar surface area (TPSA) is 21.8 Å². The molecule has 2 atom stereocenters. The van der Waals surface area contributed by atoms with E-state index in [1.807, 2.05) is 0 Å². The van der Waals surface area contributed by atoms with E-state index in [9.17, 15) is 0 Å². The maximum atomic E-state index is 3.70. The highest BCUT2D eigenvalue weighted by Gasteiger charge is 2.22. The fraction of sp³-hybridized carbons (Fsp3) is 1.00. The van der Waals surface area contributed by atoms with Crippen molar-refractivity contribution < 1.29 is 0 Å². The summed E-state index contributed by atoms with van der Waals surface area (Å²) < 4.78 is 0. The van der Waals surface area contributed by atoms with Gasteiger partial charge in [-0.3, -0.25) is 9.80 Å². The van der Waals surface area contributed by atoms with Crippen LogP contribution in [0.3, 0.4) is 0 Å². The van der Waals surface area contributed by atoms with Gasteiger partial charge in [-0.05, 0) is 40.7 Å². The molecule has 2 fully saturated rings. The molecule has 124 valence electrons. The van der Waals surface area contributed by atoms with Gasteiger partial charge in [-0.15, -0.1) is 0 Å². The second-order valence-electron chi connectivity index (χ2n) is 7.36. The molecule has 1 N–H and O–H groups in total. The first-order valence-corrected chi connectivity index (χ1v) is 8.96. The molecule has 2 aliphatic rings. The number of hydrogen-bond donors (Lipinski definition) is 1. The molecule has 2 saturated heterocycles. The first-order chi connectivity index (χ1) is 10.1. The van der Waals surface area contributed by atoms with E-state index in [1.165, 1.54) is 58.5 Å². The molecule has 0 aliphatic carbocycles. The molecular formula is C17H36N4. The van der Waals surface area contributed by atoms with Gasteiger partial charge < -0.3 is 10.2 Å². The third-order valence-electron chi connectivity index (χ3n) is 5.35. The van der Waals surface area contributed by atoms with Crippen LogP contribution in [0.2, 0.25) is 0 Å². The van der Waals surface area contributed by atoms with E-state index in [4.69, 9.17) is 0 Å². The van der Waals surface area contributed by atoms with E-state index in [0.717, 1.165) is 12.6 Å². The van der Waals surface area contributed by atoms with Crippen molar-refractivity contribution in [1.82, 2.24) is 20.0 Å². The summed E-state index contributed by atoms with van der Waals surface area (Å²) in [6, 6.07) is 2.16. The zero-order valence-electron chi connectivity index (χ0n) is 14.6. The van der Waals surface area contributed by atoms with Crippen LogP contribution >= 0.6 is 0 Å². The normalized spacial score (nSPS) is 28.1. The van der Waals surface area contributed by atoms with Crippen LogP contribution in [0.25, 0.3) is 0 Å². The maximum Gasteiger partial charge on any atom is 0.0195 e. The van der Waals surface area contributed by atoms with Gasteiger partial charge in [-0.1, -0.05) is 6.42 Å². The summed E-state index contributed by atoms with van der Waals surface area (Å²) in [6.45, 7) is 15.6. The van der Waals surface area contributed by atoms with Crippen molar-refractivity contribution in [2.24, 2.45) is 0 Å². The Balaban J connectivity index is 1.62. The molecule has 4 nitrogen and oxygen atoms in total. The van der Waals surface area contributed by atoms with E-state index in [2.05, 4.69) is 47.8 Å². The lowest BCUT2D eigenvalue weighted by atomic mass is 10.0. The summed E-state index contributed by atoms with van der Waals surface area (Å²) in [5.41, 5.74) is 0.